The molecule has 1 heterocycles. The van der Waals surface area contributed by atoms with Crippen molar-refractivity contribution in [2.75, 3.05) is 0 Å². The topological polar surface area (TPSA) is 101 Å². The molecule has 0 radical (unpaired) electrons. The standard InChI is InChI=1S/C13H15N3O4S/c1-10-3-2-4-11(5-10)6-15-21(19,20)12-7-14-16(8-12)9-13(17)18/h2-5,7-8,15H,6,9H2,1H3,(H,17,18). The van der Waals surface area contributed by atoms with Crippen LogP contribution in [0.1, 0.15) is 11.1 Å². The molecule has 0 spiro atoms. The number of hydrogen-bond acceptors (Lipinski definition) is 4. The first kappa shape index (κ1) is 15.2. The van der Waals surface area contributed by atoms with Crippen molar-refractivity contribution in [3.05, 3.63) is 47.8 Å². The van der Waals surface area contributed by atoms with Gasteiger partial charge in [-0.15, -0.1) is 0 Å². The van der Waals surface area contributed by atoms with Crippen LogP contribution >= 0.6 is 0 Å². The van der Waals surface area contributed by atoms with Gasteiger partial charge >= 0.3 is 5.97 Å². The molecule has 2 aromatic rings. The van der Waals surface area contributed by atoms with Crippen molar-refractivity contribution in [2.45, 2.75) is 24.9 Å². The Hall–Kier alpha value is -2.19. The number of aromatic nitrogens is 2. The van der Waals surface area contributed by atoms with E-state index in [1.165, 1.54) is 6.20 Å². The number of nitrogens with one attached hydrogen (secondary N) is 1. The van der Waals surface area contributed by atoms with E-state index >= 15 is 0 Å². The number of carboxylic acid groups (broad SMARTS) is 1. The van der Waals surface area contributed by atoms with Crippen LogP contribution in [0.2, 0.25) is 0 Å². The van der Waals surface area contributed by atoms with E-state index < -0.39 is 16.0 Å². The number of benzene rings is 1. The number of aliphatic carboxylic acids is 1. The van der Waals surface area contributed by atoms with Gasteiger partial charge in [0.1, 0.15) is 11.4 Å². The first-order chi connectivity index (χ1) is 9.87. The second kappa shape index (κ2) is 6.06. The molecule has 0 aliphatic carbocycles. The number of carbonyl (C=O) groups is 1. The second-order valence-electron chi connectivity index (χ2n) is 4.58. The van der Waals surface area contributed by atoms with Crippen LogP contribution in [-0.4, -0.2) is 29.3 Å². The number of nitrogens with zero attached hydrogens (tertiary/aromatic N) is 2. The highest BCUT2D eigenvalue weighted by Gasteiger charge is 2.16. The fourth-order valence-electron chi connectivity index (χ4n) is 1.79. The zero-order chi connectivity index (χ0) is 15.5. The molecular formula is C13H15N3O4S. The fourth-order valence-corrected chi connectivity index (χ4v) is 2.76. The van der Waals surface area contributed by atoms with Gasteiger partial charge in [0.05, 0.1) is 6.20 Å². The van der Waals surface area contributed by atoms with Crippen LogP contribution in [0.3, 0.4) is 0 Å². The molecule has 1 aromatic heterocycles. The zero-order valence-corrected chi connectivity index (χ0v) is 12.2. The molecule has 0 saturated heterocycles. The maximum atomic E-state index is 12.1. The van der Waals surface area contributed by atoms with E-state index in [9.17, 15) is 13.2 Å². The third-order valence-electron chi connectivity index (χ3n) is 2.77. The van der Waals surface area contributed by atoms with Gasteiger partial charge < -0.3 is 5.11 Å². The van der Waals surface area contributed by atoms with Crippen LogP contribution in [0.4, 0.5) is 0 Å². The van der Waals surface area contributed by atoms with E-state index in [0.29, 0.717) is 0 Å². The third kappa shape index (κ3) is 4.14. The summed E-state index contributed by atoms with van der Waals surface area (Å²) in [6.07, 6.45) is 2.31. The summed E-state index contributed by atoms with van der Waals surface area (Å²) in [5, 5.41) is 12.3. The monoisotopic (exact) mass is 309 g/mol. The van der Waals surface area contributed by atoms with Crippen molar-refractivity contribution in [2.24, 2.45) is 0 Å². The Morgan fingerprint density at radius 1 is 1.43 bits per heavy atom. The lowest BCUT2D eigenvalue weighted by molar-refractivity contribution is -0.137. The van der Waals surface area contributed by atoms with E-state index in [4.69, 9.17) is 5.11 Å². The molecule has 0 aliphatic heterocycles. The Labute approximate surface area is 122 Å². The largest absolute Gasteiger partial charge is 0.480 e. The molecule has 0 aliphatic rings. The first-order valence-corrected chi connectivity index (χ1v) is 7.64. The van der Waals surface area contributed by atoms with Crippen molar-refractivity contribution >= 4 is 16.0 Å². The summed E-state index contributed by atoms with van der Waals surface area (Å²) >= 11 is 0. The second-order valence-corrected chi connectivity index (χ2v) is 6.35. The molecule has 1 aromatic carbocycles. The van der Waals surface area contributed by atoms with Gasteiger partial charge in [0, 0.05) is 12.7 Å². The van der Waals surface area contributed by atoms with Crippen molar-refractivity contribution < 1.29 is 18.3 Å². The highest BCUT2D eigenvalue weighted by Crippen LogP contribution is 2.09. The van der Waals surface area contributed by atoms with E-state index in [2.05, 4.69) is 9.82 Å². The molecule has 112 valence electrons. The Morgan fingerprint density at radius 2 is 2.19 bits per heavy atom. The molecule has 0 atom stereocenters. The average Bonchev–Trinajstić information content (AvgIpc) is 2.85. The zero-order valence-electron chi connectivity index (χ0n) is 11.4. The van der Waals surface area contributed by atoms with E-state index in [1.54, 1.807) is 0 Å². The maximum Gasteiger partial charge on any atom is 0.325 e. The lowest BCUT2D eigenvalue weighted by Crippen LogP contribution is -2.23. The van der Waals surface area contributed by atoms with E-state index in [1.807, 2.05) is 31.2 Å². The van der Waals surface area contributed by atoms with Gasteiger partial charge in [-0.2, -0.15) is 5.10 Å². The SMILES string of the molecule is Cc1cccc(CNS(=O)(=O)c2cnn(CC(=O)O)c2)c1. The van der Waals surface area contributed by atoms with Crippen LogP contribution < -0.4 is 4.72 Å². The van der Waals surface area contributed by atoms with Crippen LogP contribution in [0.5, 0.6) is 0 Å². The van der Waals surface area contributed by atoms with Gasteiger partial charge in [0.15, 0.2) is 0 Å². The van der Waals surface area contributed by atoms with Gasteiger partial charge in [-0.3, -0.25) is 9.48 Å². The molecule has 0 amide bonds. The van der Waals surface area contributed by atoms with Crippen LogP contribution in [0.25, 0.3) is 0 Å². The molecule has 0 unspecified atom stereocenters. The summed E-state index contributed by atoms with van der Waals surface area (Å²) < 4.78 is 27.7. The summed E-state index contributed by atoms with van der Waals surface area (Å²) in [6.45, 7) is 1.70. The van der Waals surface area contributed by atoms with Crippen molar-refractivity contribution in [1.29, 1.82) is 0 Å². The minimum atomic E-state index is -3.71. The van der Waals surface area contributed by atoms with Gasteiger partial charge in [-0.1, -0.05) is 29.8 Å². The lowest BCUT2D eigenvalue weighted by atomic mass is 10.1. The number of carboxylic acids is 1. The Kier molecular flexibility index (Phi) is 4.39. The highest BCUT2D eigenvalue weighted by atomic mass is 32.2. The van der Waals surface area contributed by atoms with Gasteiger partial charge in [0.2, 0.25) is 10.0 Å². The third-order valence-corrected chi connectivity index (χ3v) is 4.12. The van der Waals surface area contributed by atoms with E-state index in [0.717, 1.165) is 22.0 Å². The lowest BCUT2D eigenvalue weighted by Gasteiger charge is -2.05. The Bertz CT molecular complexity index is 752. The maximum absolute atomic E-state index is 12.1. The number of aryl methyl sites for hydroxylation is 1. The fraction of sp³-hybridized carbons (Fsp3) is 0.231. The first-order valence-electron chi connectivity index (χ1n) is 6.16. The summed E-state index contributed by atoms with van der Waals surface area (Å²) in [5.41, 5.74) is 1.89. The van der Waals surface area contributed by atoms with Gasteiger partial charge in [-0.25, -0.2) is 13.1 Å². The number of hydrogen-bond donors (Lipinski definition) is 2. The Balaban J connectivity index is 2.08. The number of rotatable bonds is 6. The van der Waals surface area contributed by atoms with Crippen LogP contribution in [0.15, 0.2) is 41.6 Å². The van der Waals surface area contributed by atoms with Crippen molar-refractivity contribution in [3.63, 3.8) is 0 Å². The molecule has 2 rings (SSSR count). The van der Waals surface area contributed by atoms with Gasteiger partial charge in [-0.05, 0) is 12.5 Å². The van der Waals surface area contributed by atoms with Crippen LogP contribution in [0, 0.1) is 6.92 Å². The predicted octanol–water partition coefficient (Wildman–Crippen LogP) is 0.755. The molecule has 0 fully saturated rings. The summed E-state index contributed by atoms with van der Waals surface area (Å²) in [6, 6.07) is 7.48. The molecular weight excluding hydrogens is 294 g/mol. The van der Waals surface area contributed by atoms with Crippen LogP contribution in [-0.2, 0) is 27.9 Å². The molecule has 21 heavy (non-hydrogen) atoms. The quantitative estimate of drug-likeness (QED) is 0.820. The molecule has 2 N–H and O–H groups in total. The highest BCUT2D eigenvalue weighted by molar-refractivity contribution is 7.89. The summed E-state index contributed by atoms with van der Waals surface area (Å²) in [7, 11) is -3.71. The smallest absolute Gasteiger partial charge is 0.325 e. The average molecular weight is 309 g/mol. The summed E-state index contributed by atoms with van der Waals surface area (Å²) in [4.78, 5) is 10.5. The summed E-state index contributed by atoms with van der Waals surface area (Å²) in [5.74, 6) is -1.09. The number of sulfonamides is 1. The molecule has 8 heteroatoms. The van der Waals surface area contributed by atoms with Crippen molar-refractivity contribution in [3.8, 4) is 0 Å². The minimum Gasteiger partial charge on any atom is -0.480 e. The van der Waals surface area contributed by atoms with Gasteiger partial charge in [0.25, 0.3) is 0 Å². The normalized spacial score (nSPS) is 11.5. The molecule has 7 nitrogen and oxygen atoms in total. The predicted molar refractivity (Wildman–Crippen MR) is 75.1 cm³/mol. The Morgan fingerprint density at radius 3 is 2.86 bits per heavy atom. The van der Waals surface area contributed by atoms with Crippen molar-refractivity contribution in [1.82, 2.24) is 14.5 Å². The van der Waals surface area contributed by atoms with E-state index in [-0.39, 0.29) is 18.0 Å². The molecule has 0 bridgehead atoms. The molecule has 0 saturated carbocycles. The minimum absolute atomic E-state index is 0.0589.